The summed E-state index contributed by atoms with van der Waals surface area (Å²) >= 11 is 0. The minimum absolute atomic E-state index is 0.0860. The van der Waals surface area contributed by atoms with Gasteiger partial charge >= 0.3 is 5.97 Å². The van der Waals surface area contributed by atoms with E-state index in [2.05, 4.69) is 15.5 Å². The first-order chi connectivity index (χ1) is 10.6. The van der Waals surface area contributed by atoms with Crippen LogP contribution in [0.5, 0.6) is 0 Å². The first-order valence-corrected chi connectivity index (χ1v) is 7.28. The number of carboxylic acids is 1. The average Bonchev–Trinajstić information content (AvgIpc) is 3.17. The van der Waals surface area contributed by atoms with Gasteiger partial charge in [0.15, 0.2) is 0 Å². The lowest BCUT2D eigenvalue weighted by Crippen LogP contribution is -2.33. The van der Waals surface area contributed by atoms with Crippen LogP contribution in [-0.2, 0) is 4.79 Å². The van der Waals surface area contributed by atoms with Gasteiger partial charge in [-0.2, -0.15) is 5.10 Å². The van der Waals surface area contributed by atoms with E-state index in [1.165, 1.54) is 0 Å². The fourth-order valence-electron chi connectivity index (χ4n) is 2.79. The van der Waals surface area contributed by atoms with E-state index in [0.717, 1.165) is 5.56 Å². The van der Waals surface area contributed by atoms with Gasteiger partial charge in [0.25, 0.3) is 5.91 Å². The summed E-state index contributed by atoms with van der Waals surface area (Å²) < 4.78 is 0. The molecule has 1 fully saturated rings. The molecule has 0 bridgehead atoms. The Balaban J connectivity index is 1.64. The van der Waals surface area contributed by atoms with Crippen molar-refractivity contribution < 1.29 is 14.7 Å². The highest BCUT2D eigenvalue weighted by Gasteiger charge is 2.30. The van der Waals surface area contributed by atoms with Gasteiger partial charge in [0.2, 0.25) is 0 Å². The van der Waals surface area contributed by atoms with Crippen LogP contribution < -0.4 is 5.32 Å². The predicted molar refractivity (Wildman–Crippen MR) is 80.3 cm³/mol. The second kappa shape index (κ2) is 6.01. The molecule has 0 unspecified atom stereocenters. The average molecular weight is 299 g/mol. The van der Waals surface area contributed by atoms with E-state index < -0.39 is 5.97 Å². The van der Waals surface area contributed by atoms with Crippen molar-refractivity contribution in [3.05, 3.63) is 42.1 Å². The molecule has 1 aromatic carbocycles. The minimum atomic E-state index is -0.787. The topological polar surface area (TPSA) is 95.1 Å². The highest BCUT2D eigenvalue weighted by molar-refractivity contribution is 5.93. The number of benzene rings is 1. The van der Waals surface area contributed by atoms with Crippen molar-refractivity contribution in [1.82, 2.24) is 15.5 Å². The van der Waals surface area contributed by atoms with E-state index in [-0.39, 0.29) is 17.9 Å². The van der Waals surface area contributed by atoms with Gasteiger partial charge in [-0.25, -0.2) is 0 Å². The molecule has 2 aromatic rings. The predicted octanol–water partition coefficient (Wildman–Crippen LogP) is 2.06. The van der Waals surface area contributed by atoms with Gasteiger partial charge in [-0.3, -0.25) is 14.7 Å². The number of rotatable bonds is 4. The molecule has 3 N–H and O–H groups in total. The maximum absolute atomic E-state index is 12.2. The van der Waals surface area contributed by atoms with Crippen LogP contribution >= 0.6 is 0 Å². The van der Waals surface area contributed by atoms with Crippen LogP contribution in [0.1, 0.15) is 29.8 Å². The third-order valence-electron chi connectivity index (χ3n) is 4.01. The minimum Gasteiger partial charge on any atom is -0.481 e. The lowest BCUT2D eigenvalue weighted by Gasteiger charge is -2.11. The van der Waals surface area contributed by atoms with Gasteiger partial charge in [0, 0.05) is 11.6 Å². The van der Waals surface area contributed by atoms with Gasteiger partial charge < -0.3 is 10.4 Å². The molecule has 0 spiro atoms. The molecule has 1 saturated carbocycles. The maximum atomic E-state index is 12.2. The van der Waals surface area contributed by atoms with Crippen molar-refractivity contribution in [2.24, 2.45) is 5.92 Å². The number of aliphatic carboxylic acids is 1. The molecule has 6 heteroatoms. The molecular formula is C16H17N3O3. The van der Waals surface area contributed by atoms with Crippen molar-refractivity contribution >= 4 is 11.9 Å². The number of nitrogens with zero attached hydrogens (tertiary/aromatic N) is 1. The Bertz CT molecular complexity index is 681. The summed E-state index contributed by atoms with van der Waals surface area (Å²) in [6.45, 7) is 0. The number of nitrogens with one attached hydrogen (secondary N) is 2. The lowest BCUT2D eigenvalue weighted by molar-refractivity contribution is -0.141. The summed E-state index contributed by atoms with van der Waals surface area (Å²) in [5.74, 6) is -1.39. The quantitative estimate of drug-likeness (QED) is 0.805. The Labute approximate surface area is 127 Å². The molecule has 1 aromatic heterocycles. The molecular weight excluding hydrogens is 282 g/mol. The number of carbonyl (C=O) groups is 2. The van der Waals surface area contributed by atoms with Crippen molar-refractivity contribution in [3.8, 4) is 11.3 Å². The maximum Gasteiger partial charge on any atom is 0.306 e. The summed E-state index contributed by atoms with van der Waals surface area (Å²) in [6.07, 6.45) is 1.79. The number of hydrogen-bond acceptors (Lipinski definition) is 3. The molecule has 1 aliphatic carbocycles. The van der Waals surface area contributed by atoms with Gasteiger partial charge in [-0.15, -0.1) is 0 Å². The first-order valence-electron chi connectivity index (χ1n) is 7.28. The Morgan fingerprint density at radius 2 is 2.00 bits per heavy atom. The van der Waals surface area contributed by atoms with Crippen molar-refractivity contribution in [1.29, 1.82) is 0 Å². The van der Waals surface area contributed by atoms with Gasteiger partial charge in [0.1, 0.15) is 5.69 Å². The molecule has 1 aliphatic rings. The molecule has 114 valence electrons. The van der Waals surface area contributed by atoms with Crippen molar-refractivity contribution in [2.45, 2.75) is 25.3 Å². The molecule has 6 nitrogen and oxygen atoms in total. The summed E-state index contributed by atoms with van der Waals surface area (Å²) in [6, 6.07) is 11.2. The van der Waals surface area contributed by atoms with E-state index >= 15 is 0 Å². The molecule has 1 amide bonds. The van der Waals surface area contributed by atoms with Gasteiger partial charge in [-0.1, -0.05) is 30.3 Å². The van der Waals surface area contributed by atoms with E-state index in [4.69, 9.17) is 5.11 Å². The Morgan fingerprint density at radius 1 is 1.23 bits per heavy atom. The number of carbonyl (C=O) groups excluding carboxylic acids is 1. The molecule has 1 heterocycles. The fraction of sp³-hybridized carbons (Fsp3) is 0.312. The van der Waals surface area contributed by atoms with E-state index in [0.29, 0.717) is 30.7 Å². The highest BCUT2D eigenvalue weighted by atomic mass is 16.4. The van der Waals surface area contributed by atoms with Crippen molar-refractivity contribution in [3.63, 3.8) is 0 Å². The zero-order valence-corrected chi connectivity index (χ0v) is 12.0. The van der Waals surface area contributed by atoms with Crippen LogP contribution in [0.2, 0.25) is 0 Å². The standard InChI is InChI=1S/C16H17N3O3/c20-15(17-12-7-6-11(8-12)16(21)22)14-9-13(18-19-14)10-4-2-1-3-5-10/h1-5,9,11-12H,6-8H2,(H,17,20)(H,18,19)(H,21,22)/t11-,12+/m0/s1. The molecule has 3 rings (SSSR count). The zero-order chi connectivity index (χ0) is 15.5. The van der Waals surface area contributed by atoms with Crippen LogP contribution in [0, 0.1) is 5.92 Å². The van der Waals surface area contributed by atoms with Crippen molar-refractivity contribution in [2.75, 3.05) is 0 Å². The molecule has 0 saturated heterocycles. The summed E-state index contributed by atoms with van der Waals surface area (Å²) in [5.41, 5.74) is 2.03. The summed E-state index contributed by atoms with van der Waals surface area (Å²) in [7, 11) is 0. The second-order valence-corrected chi connectivity index (χ2v) is 5.55. The normalized spacial score (nSPS) is 20.7. The van der Waals surface area contributed by atoms with Gasteiger partial charge in [-0.05, 0) is 25.3 Å². The fourth-order valence-corrected chi connectivity index (χ4v) is 2.79. The first kappa shape index (κ1) is 14.3. The monoisotopic (exact) mass is 299 g/mol. The number of aromatic nitrogens is 2. The molecule has 22 heavy (non-hydrogen) atoms. The van der Waals surface area contributed by atoms with Crippen LogP contribution in [0.25, 0.3) is 11.3 Å². The molecule has 0 aliphatic heterocycles. The number of aromatic amines is 1. The van der Waals surface area contributed by atoms with E-state index in [9.17, 15) is 9.59 Å². The van der Waals surface area contributed by atoms with E-state index in [1.807, 2.05) is 30.3 Å². The Morgan fingerprint density at radius 3 is 2.68 bits per heavy atom. The number of amides is 1. The molecule has 0 radical (unpaired) electrons. The number of hydrogen-bond donors (Lipinski definition) is 3. The Kier molecular flexibility index (Phi) is 3.91. The largest absolute Gasteiger partial charge is 0.481 e. The SMILES string of the molecule is O=C(N[C@@H]1CC[C@H](C(=O)O)C1)c1cc(-c2ccccc2)n[nH]1. The van der Waals surface area contributed by atoms with Crippen LogP contribution in [-0.4, -0.2) is 33.2 Å². The lowest BCUT2D eigenvalue weighted by atomic mass is 10.1. The van der Waals surface area contributed by atoms with Crippen LogP contribution in [0.4, 0.5) is 0 Å². The smallest absolute Gasteiger partial charge is 0.306 e. The number of H-pyrrole nitrogens is 1. The van der Waals surface area contributed by atoms with E-state index in [1.54, 1.807) is 6.07 Å². The third-order valence-corrected chi connectivity index (χ3v) is 4.01. The van der Waals surface area contributed by atoms with Crippen LogP contribution in [0.3, 0.4) is 0 Å². The summed E-state index contributed by atoms with van der Waals surface area (Å²) in [5, 5.41) is 18.7. The Hall–Kier alpha value is -2.63. The molecule has 2 atom stereocenters. The second-order valence-electron chi connectivity index (χ2n) is 5.55. The van der Waals surface area contributed by atoms with Gasteiger partial charge in [0.05, 0.1) is 11.6 Å². The zero-order valence-electron chi connectivity index (χ0n) is 12.0. The van der Waals surface area contributed by atoms with Crippen LogP contribution in [0.15, 0.2) is 36.4 Å². The third kappa shape index (κ3) is 3.00. The number of carboxylic acid groups (broad SMARTS) is 1. The summed E-state index contributed by atoms with van der Waals surface area (Å²) in [4.78, 5) is 23.1. The highest BCUT2D eigenvalue weighted by Crippen LogP contribution is 2.26.